The molecule has 2 heterocycles. The average molecular weight is 405 g/mol. The molecular weight excluding hydrogens is 372 g/mol. The van der Waals surface area contributed by atoms with E-state index in [2.05, 4.69) is 43.9 Å². The summed E-state index contributed by atoms with van der Waals surface area (Å²) in [4.78, 5) is 16.0. The molecule has 1 saturated heterocycles. The van der Waals surface area contributed by atoms with Crippen molar-refractivity contribution in [2.24, 2.45) is 11.3 Å². The second-order valence-electron chi connectivity index (χ2n) is 10.4. The largest absolute Gasteiger partial charge is 0.341 e. The van der Waals surface area contributed by atoms with Crippen molar-refractivity contribution in [3.8, 4) is 0 Å². The SMILES string of the molecule is O=C(N1CC(c2nncn2CC2CC2)C2(CCCCC2)C1)C1(c2ccccc2)CC1. The van der Waals surface area contributed by atoms with Crippen LogP contribution in [-0.4, -0.2) is 38.7 Å². The monoisotopic (exact) mass is 404 g/mol. The molecular formula is C25H32N4O. The molecule has 3 saturated carbocycles. The Kier molecular flexibility index (Phi) is 4.29. The highest BCUT2D eigenvalue weighted by atomic mass is 16.2. The standard InChI is InChI=1S/C25H32N4O/c30-23(25(13-14-25)20-7-3-1-4-8-20)28-16-21(24(17-28)11-5-2-6-12-24)22-27-26-18-29(22)15-19-9-10-19/h1,3-4,7-8,18-19,21H,2,5-6,9-17H2. The predicted octanol–water partition coefficient (Wildman–Crippen LogP) is 4.30. The van der Waals surface area contributed by atoms with Gasteiger partial charge in [0, 0.05) is 25.6 Å². The van der Waals surface area contributed by atoms with Gasteiger partial charge in [0.15, 0.2) is 0 Å². The summed E-state index contributed by atoms with van der Waals surface area (Å²) in [5.41, 5.74) is 1.12. The zero-order chi connectivity index (χ0) is 20.2. The highest BCUT2D eigenvalue weighted by molar-refractivity contribution is 5.91. The summed E-state index contributed by atoms with van der Waals surface area (Å²) in [5, 5.41) is 8.95. The van der Waals surface area contributed by atoms with Gasteiger partial charge in [-0.15, -0.1) is 10.2 Å². The van der Waals surface area contributed by atoms with Gasteiger partial charge in [0.25, 0.3) is 0 Å². The second kappa shape index (κ2) is 6.93. The van der Waals surface area contributed by atoms with Crippen LogP contribution in [-0.2, 0) is 16.8 Å². The van der Waals surface area contributed by atoms with Crippen molar-refractivity contribution in [3.05, 3.63) is 48.0 Å². The van der Waals surface area contributed by atoms with Crippen molar-refractivity contribution in [3.63, 3.8) is 0 Å². The summed E-state index contributed by atoms with van der Waals surface area (Å²) in [7, 11) is 0. The van der Waals surface area contributed by atoms with Gasteiger partial charge in [-0.1, -0.05) is 49.6 Å². The van der Waals surface area contributed by atoms with Crippen molar-refractivity contribution in [2.45, 2.75) is 75.7 Å². The van der Waals surface area contributed by atoms with Crippen LogP contribution in [0.5, 0.6) is 0 Å². The highest BCUT2D eigenvalue weighted by Gasteiger charge is 2.58. The number of carbonyl (C=O) groups excluding carboxylic acids is 1. The lowest BCUT2D eigenvalue weighted by molar-refractivity contribution is -0.133. The minimum absolute atomic E-state index is 0.189. The fraction of sp³-hybridized carbons (Fsp3) is 0.640. The van der Waals surface area contributed by atoms with E-state index >= 15 is 0 Å². The maximum Gasteiger partial charge on any atom is 0.233 e. The number of benzene rings is 1. The Balaban J connectivity index is 1.31. The predicted molar refractivity (Wildman–Crippen MR) is 115 cm³/mol. The van der Waals surface area contributed by atoms with E-state index in [1.165, 1.54) is 50.5 Å². The summed E-state index contributed by atoms with van der Waals surface area (Å²) >= 11 is 0. The number of hydrogen-bond acceptors (Lipinski definition) is 3. The average Bonchev–Trinajstić information content (AvgIpc) is 3.69. The first-order valence-corrected chi connectivity index (χ1v) is 11.9. The van der Waals surface area contributed by atoms with E-state index in [0.29, 0.717) is 11.8 Å². The lowest BCUT2D eigenvalue weighted by atomic mass is 9.67. The molecule has 1 aromatic heterocycles. The van der Waals surface area contributed by atoms with Gasteiger partial charge in [0.1, 0.15) is 12.2 Å². The molecule has 1 spiro atoms. The smallest absolute Gasteiger partial charge is 0.233 e. The fourth-order valence-corrected chi connectivity index (χ4v) is 6.31. The minimum Gasteiger partial charge on any atom is -0.341 e. The molecule has 6 rings (SSSR count). The molecule has 5 nitrogen and oxygen atoms in total. The third kappa shape index (κ3) is 3.00. The van der Waals surface area contributed by atoms with Crippen LogP contribution in [0, 0.1) is 11.3 Å². The number of amides is 1. The van der Waals surface area contributed by atoms with E-state index < -0.39 is 0 Å². The van der Waals surface area contributed by atoms with Gasteiger partial charge >= 0.3 is 0 Å². The Bertz CT molecular complexity index is 922. The maximum absolute atomic E-state index is 13.8. The molecule has 158 valence electrons. The topological polar surface area (TPSA) is 51.0 Å². The number of likely N-dealkylation sites (tertiary alicyclic amines) is 1. The number of nitrogens with zero attached hydrogens (tertiary/aromatic N) is 4. The molecule has 3 aliphatic carbocycles. The van der Waals surface area contributed by atoms with E-state index in [-0.39, 0.29) is 10.8 Å². The van der Waals surface area contributed by atoms with E-state index in [0.717, 1.165) is 44.2 Å². The van der Waals surface area contributed by atoms with Crippen LogP contribution in [0.3, 0.4) is 0 Å². The zero-order valence-corrected chi connectivity index (χ0v) is 17.8. The number of aromatic nitrogens is 3. The summed E-state index contributed by atoms with van der Waals surface area (Å²) < 4.78 is 2.32. The van der Waals surface area contributed by atoms with Gasteiger partial charge in [0.05, 0.1) is 5.41 Å². The third-order valence-electron chi connectivity index (χ3n) is 8.38. The lowest BCUT2D eigenvalue weighted by Crippen LogP contribution is -2.39. The quantitative estimate of drug-likeness (QED) is 0.747. The van der Waals surface area contributed by atoms with E-state index in [9.17, 15) is 4.79 Å². The molecule has 0 N–H and O–H groups in total. The Morgan fingerprint density at radius 3 is 2.50 bits per heavy atom. The Labute approximate surface area is 178 Å². The molecule has 4 aliphatic rings. The number of hydrogen-bond donors (Lipinski definition) is 0. The summed E-state index contributed by atoms with van der Waals surface area (Å²) in [5.74, 6) is 2.63. The first-order valence-electron chi connectivity index (χ1n) is 11.9. The molecule has 1 atom stereocenters. The van der Waals surface area contributed by atoms with Crippen LogP contribution in [0.2, 0.25) is 0 Å². The van der Waals surface area contributed by atoms with Gasteiger partial charge in [-0.2, -0.15) is 0 Å². The van der Waals surface area contributed by atoms with E-state index in [4.69, 9.17) is 0 Å². The van der Waals surface area contributed by atoms with Crippen LogP contribution in [0.25, 0.3) is 0 Å². The summed E-state index contributed by atoms with van der Waals surface area (Å²) in [6.07, 6.45) is 12.9. The minimum atomic E-state index is -0.270. The van der Waals surface area contributed by atoms with Gasteiger partial charge in [-0.25, -0.2) is 0 Å². The van der Waals surface area contributed by atoms with Gasteiger partial charge in [-0.05, 0) is 55.4 Å². The van der Waals surface area contributed by atoms with Crippen molar-refractivity contribution < 1.29 is 4.79 Å². The molecule has 5 heteroatoms. The fourth-order valence-electron chi connectivity index (χ4n) is 6.31. The molecule has 2 aromatic rings. The highest BCUT2D eigenvalue weighted by Crippen LogP contribution is 2.55. The molecule has 1 amide bonds. The lowest BCUT2D eigenvalue weighted by Gasteiger charge is -2.37. The second-order valence-corrected chi connectivity index (χ2v) is 10.4. The summed E-state index contributed by atoms with van der Waals surface area (Å²) in [6, 6.07) is 10.5. The van der Waals surface area contributed by atoms with Crippen molar-refractivity contribution in [1.29, 1.82) is 0 Å². The first-order chi connectivity index (χ1) is 14.7. The number of carbonyl (C=O) groups is 1. The summed E-state index contributed by atoms with van der Waals surface area (Å²) in [6.45, 7) is 2.77. The third-order valence-corrected chi connectivity index (χ3v) is 8.38. The van der Waals surface area contributed by atoms with E-state index in [1.54, 1.807) is 0 Å². The van der Waals surface area contributed by atoms with Gasteiger partial charge < -0.3 is 9.47 Å². The van der Waals surface area contributed by atoms with Crippen LogP contribution < -0.4 is 0 Å². The maximum atomic E-state index is 13.8. The Morgan fingerprint density at radius 1 is 1.03 bits per heavy atom. The van der Waals surface area contributed by atoms with Crippen molar-refractivity contribution in [2.75, 3.05) is 13.1 Å². The first kappa shape index (κ1) is 18.6. The van der Waals surface area contributed by atoms with Gasteiger partial charge in [0.2, 0.25) is 5.91 Å². The van der Waals surface area contributed by atoms with Crippen LogP contribution in [0.15, 0.2) is 36.7 Å². The number of rotatable bonds is 5. The molecule has 30 heavy (non-hydrogen) atoms. The van der Waals surface area contributed by atoms with Gasteiger partial charge in [-0.3, -0.25) is 4.79 Å². The van der Waals surface area contributed by atoms with Crippen LogP contribution >= 0.6 is 0 Å². The van der Waals surface area contributed by atoms with Crippen molar-refractivity contribution in [1.82, 2.24) is 19.7 Å². The van der Waals surface area contributed by atoms with Crippen LogP contribution in [0.1, 0.15) is 75.1 Å². The van der Waals surface area contributed by atoms with Crippen LogP contribution in [0.4, 0.5) is 0 Å². The van der Waals surface area contributed by atoms with E-state index in [1.807, 2.05) is 12.4 Å². The molecule has 1 aliphatic heterocycles. The molecule has 4 fully saturated rings. The zero-order valence-electron chi connectivity index (χ0n) is 17.8. The Morgan fingerprint density at radius 2 is 1.80 bits per heavy atom. The normalized spacial score (nSPS) is 26.8. The Hall–Kier alpha value is -2.17. The molecule has 1 unspecified atom stereocenters. The molecule has 0 bridgehead atoms. The molecule has 1 aromatic carbocycles. The molecule has 0 radical (unpaired) electrons. The van der Waals surface area contributed by atoms with Crippen molar-refractivity contribution >= 4 is 5.91 Å².